The van der Waals surface area contributed by atoms with E-state index in [1.807, 2.05) is 54.6 Å². The Balaban J connectivity index is 1.71. The molecule has 0 aliphatic carbocycles. The number of methoxy groups -OCH3 is 2. The fourth-order valence-electron chi connectivity index (χ4n) is 2.31. The van der Waals surface area contributed by atoms with Crippen LogP contribution in [0.2, 0.25) is 0 Å². The van der Waals surface area contributed by atoms with E-state index in [-0.39, 0.29) is 0 Å². The summed E-state index contributed by atoms with van der Waals surface area (Å²) in [6.07, 6.45) is 4.32. The van der Waals surface area contributed by atoms with Crippen molar-refractivity contribution in [2.75, 3.05) is 14.2 Å². The van der Waals surface area contributed by atoms with Gasteiger partial charge in [0, 0.05) is 12.5 Å². The molecule has 1 heterocycles. The SMILES string of the molecule is COc1ccc(/C=C/c2nc(Cc3ccccc3)no2)cc1OC. The van der Waals surface area contributed by atoms with Crippen molar-refractivity contribution in [2.24, 2.45) is 0 Å². The van der Waals surface area contributed by atoms with Gasteiger partial charge in [0.15, 0.2) is 17.3 Å². The van der Waals surface area contributed by atoms with Crippen LogP contribution < -0.4 is 9.47 Å². The number of hydrogen-bond donors (Lipinski definition) is 0. The second-order valence-electron chi connectivity index (χ2n) is 5.16. The zero-order valence-corrected chi connectivity index (χ0v) is 13.6. The maximum Gasteiger partial charge on any atom is 0.250 e. The van der Waals surface area contributed by atoms with Crippen molar-refractivity contribution in [1.29, 1.82) is 0 Å². The number of benzene rings is 2. The van der Waals surface area contributed by atoms with Gasteiger partial charge in [0.05, 0.1) is 14.2 Å². The summed E-state index contributed by atoms with van der Waals surface area (Å²) in [5.41, 5.74) is 2.10. The first-order valence-electron chi connectivity index (χ1n) is 7.55. The molecule has 0 aliphatic heterocycles. The number of ether oxygens (including phenoxy) is 2. The van der Waals surface area contributed by atoms with Crippen LogP contribution in [0, 0.1) is 0 Å². The fraction of sp³-hybridized carbons (Fsp3) is 0.158. The molecule has 0 amide bonds. The van der Waals surface area contributed by atoms with Crippen LogP contribution in [0.4, 0.5) is 0 Å². The van der Waals surface area contributed by atoms with Crippen LogP contribution in [0.5, 0.6) is 11.5 Å². The van der Waals surface area contributed by atoms with Crippen LogP contribution in [-0.4, -0.2) is 24.4 Å². The molecule has 5 nitrogen and oxygen atoms in total. The Morgan fingerprint density at radius 2 is 1.75 bits per heavy atom. The molecular formula is C19H18N2O3. The summed E-state index contributed by atoms with van der Waals surface area (Å²) in [7, 11) is 3.22. The van der Waals surface area contributed by atoms with Gasteiger partial charge in [-0.05, 0) is 29.3 Å². The monoisotopic (exact) mass is 322 g/mol. The van der Waals surface area contributed by atoms with E-state index in [1.54, 1.807) is 20.3 Å². The predicted octanol–water partition coefficient (Wildman–Crippen LogP) is 3.85. The molecule has 24 heavy (non-hydrogen) atoms. The molecule has 122 valence electrons. The molecule has 0 saturated heterocycles. The number of hydrogen-bond acceptors (Lipinski definition) is 5. The van der Waals surface area contributed by atoms with Gasteiger partial charge in [0.25, 0.3) is 5.89 Å². The fourth-order valence-corrected chi connectivity index (χ4v) is 2.31. The molecule has 3 rings (SSSR count). The van der Waals surface area contributed by atoms with Crippen molar-refractivity contribution in [3.8, 4) is 11.5 Å². The van der Waals surface area contributed by atoms with Crippen molar-refractivity contribution < 1.29 is 14.0 Å². The zero-order valence-electron chi connectivity index (χ0n) is 13.6. The van der Waals surface area contributed by atoms with Gasteiger partial charge < -0.3 is 14.0 Å². The molecule has 0 saturated carbocycles. The lowest BCUT2D eigenvalue weighted by molar-refractivity contribution is 0.355. The van der Waals surface area contributed by atoms with E-state index >= 15 is 0 Å². The summed E-state index contributed by atoms with van der Waals surface area (Å²) in [4.78, 5) is 4.38. The largest absolute Gasteiger partial charge is 0.493 e. The topological polar surface area (TPSA) is 57.4 Å². The molecule has 0 atom stereocenters. The highest BCUT2D eigenvalue weighted by atomic mass is 16.5. The minimum absolute atomic E-state index is 0.468. The molecule has 0 aliphatic rings. The third kappa shape index (κ3) is 3.81. The Morgan fingerprint density at radius 3 is 2.50 bits per heavy atom. The minimum Gasteiger partial charge on any atom is -0.493 e. The van der Waals surface area contributed by atoms with Crippen LogP contribution >= 0.6 is 0 Å². The summed E-state index contributed by atoms with van der Waals surface area (Å²) in [6.45, 7) is 0. The molecule has 0 radical (unpaired) electrons. The van der Waals surface area contributed by atoms with Gasteiger partial charge in [-0.15, -0.1) is 0 Å². The number of aromatic nitrogens is 2. The third-order valence-electron chi connectivity index (χ3n) is 3.51. The predicted molar refractivity (Wildman–Crippen MR) is 92.0 cm³/mol. The molecule has 2 aromatic carbocycles. The number of nitrogens with zero attached hydrogens (tertiary/aromatic N) is 2. The van der Waals surface area contributed by atoms with E-state index in [0.29, 0.717) is 29.6 Å². The Kier molecular flexibility index (Phi) is 4.91. The van der Waals surface area contributed by atoms with Crippen molar-refractivity contribution in [3.63, 3.8) is 0 Å². The highest BCUT2D eigenvalue weighted by Crippen LogP contribution is 2.28. The first kappa shape index (κ1) is 15.8. The van der Waals surface area contributed by atoms with E-state index < -0.39 is 0 Å². The van der Waals surface area contributed by atoms with Crippen molar-refractivity contribution in [2.45, 2.75) is 6.42 Å². The van der Waals surface area contributed by atoms with Crippen molar-refractivity contribution >= 4 is 12.2 Å². The van der Waals surface area contributed by atoms with Crippen molar-refractivity contribution in [3.05, 3.63) is 71.4 Å². The lowest BCUT2D eigenvalue weighted by Gasteiger charge is -2.07. The van der Waals surface area contributed by atoms with Gasteiger partial charge in [-0.2, -0.15) is 4.98 Å². The molecule has 0 spiro atoms. The van der Waals surface area contributed by atoms with Gasteiger partial charge in [-0.25, -0.2) is 0 Å². The zero-order chi connectivity index (χ0) is 16.8. The minimum atomic E-state index is 0.468. The molecule has 0 unspecified atom stereocenters. The second-order valence-corrected chi connectivity index (χ2v) is 5.16. The van der Waals surface area contributed by atoms with Crippen LogP contribution in [0.25, 0.3) is 12.2 Å². The molecule has 0 fully saturated rings. The van der Waals surface area contributed by atoms with Gasteiger partial charge in [0.1, 0.15) is 0 Å². The Labute approximate surface area is 140 Å². The first-order valence-corrected chi connectivity index (χ1v) is 7.55. The van der Waals surface area contributed by atoms with Gasteiger partial charge in [0.2, 0.25) is 0 Å². The van der Waals surface area contributed by atoms with Crippen LogP contribution in [0.3, 0.4) is 0 Å². The maximum absolute atomic E-state index is 5.29. The first-order chi connectivity index (χ1) is 11.8. The molecule has 3 aromatic rings. The van der Waals surface area contributed by atoms with E-state index in [4.69, 9.17) is 14.0 Å². The Morgan fingerprint density at radius 1 is 0.958 bits per heavy atom. The third-order valence-corrected chi connectivity index (χ3v) is 3.51. The summed E-state index contributed by atoms with van der Waals surface area (Å²) < 4.78 is 15.8. The van der Waals surface area contributed by atoms with E-state index in [9.17, 15) is 0 Å². The van der Waals surface area contributed by atoms with Crippen LogP contribution in [0.1, 0.15) is 22.8 Å². The lowest BCUT2D eigenvalue weighted by Crippen LogP contribution is -1.90. The normalized spacial score (nSPS) is 10.9. The Hall–Kier alpha value is -3.08. The van der Waals surface area contributed by atoms with Crippen LogP contribution in [-0.2, 0) is 6.42 Å². The smallest absolute Gasteiger partial charge is 0.250 e. The van der Waals surface area contributed by atoms with Crippen LogP contribution in [0.15, 0.2) is 53.1 Å². The maximum atomic E-state index is 5.29. The quantitative estimate of drug-likeness (QED) is 0.690. The summed E-state index contributed by atoms with van der Waals surface area (Å²) in [5.74, 6) is 2.50. The average molecular weight is 322 g/mol. The summed E-state index contributed by atoms with van der Waals surface area (Å²) >= 11 is 0. The summed E-state index contributed by atoms with van der Waals surface area (Å²) in [6, 6.07) is 15.7. The van der Waals surface area contributed by atoms with Gasteiger partial charge >= 0.3 is 0 Å². The van der Waals surface area contributed by atoms with Crippen molar-refractivity contribution in [1.82, 2.24) is 10.1 Å². The van der Waals surface area contributed by atoms with E-state index in [1.165, 1.54) is 0 Å². The molecule has 1 aromatic heterocycles. The molecule has 5 heteroatoms. The van der Waals surface area contributed by atoms with Gasteiger partial charge in [-0.1, -0.05) is 41.6 Å². The highest BCUT2D eigenvalue weighted by Gasteiger charge is 2.06. The molecular weight excluding hydrogens is 304 g/mol. The van der Waals surface area contributed by atoms with E-state index in [0.717, 1.165) is 11.1 Å². The summed E-state index contributed by atoms with van der Waals surface area (Å²) in [5, 5.41) is 4.00. The standard InChI is InChI=1S/C19H18N2O3/c1-22-16-10-8-15(12-17(16)23-2)9-11-19-20-18(21-24-19)13-14-6-4-3-5-7-14/h3-12H,13H2,1-2H3/b11-9+. The van der Waals surface area contributed by atoms with E-state index in [2.05, 4.69) is 10.1 Å². The molecule has 0 bridgehead atoms. The molecule has 0 N–H and O–H groups in total. The number of rotatable bonds is 6. The average Bonchev–Trinajstić information content (AvgIpc) is 3.08. The van der Waals surface area contributed by atoms with Gasteiger partial charge in [-0.3, -0.25) is 0 Å². The lowest BCUT2D eigenvalue weighted by atomic mass is 10.1. The second kappa shape index (κ2) is 7.46. The Bertz CT molecular complexity index is 826. The highest BCUT2D eigenvalue weighted by molar-refractivity contribution is 5.67.